The second kappa shape index (κ2) is 9.72. The molecule has 0 spiro atoms. The Labute approximate surface area is 157 Å². The van der Waals surface area contributed by atoms with E-state index in [9.17, 15) is 0 Å². The zero-order valence-electron chi connectivity index (χ0n) is 15.7. The molecule has 0 saturated carbocycles. The highest BCUT2D eigenvalue weighted by Crippen LogP contribution is 2.15. The summed E-state index contributed by atoms with van der Waals surface area (Å²) in [6.07, 6.45) is 0. The average Bonchev–Trinajstić information content (AvgIpc) is 2.66. The summed E-state index contributed by atoms with van der Waals surface area (Å²) in [6.45, 7) is 11.1. The van der Waals surface area contributed by atoms with Crippen LogP contribution < -0.4 is 4.74 Å². The molecule has 1 aliphatic heterocycles. The molecule has 1 aliphatic rings. The van der Waals surface area contributed by atoms with Crippen LogP contribution in [0.1, 0.15) is 16.7 Å². The van der Waals surface area contributed by atoms with E-state index in [-0.39, 0.29) is 0 Å². The van der Waals surface area contributed by atoms with Gasteiger partial charge in [-0.25, -0.2) is 0 Å². The first-order valence-electron chi connectivity index (χ1n) is 9.30. The predicted molar refractivity (Wildman–Crippen MR) is 105 cm³/mol. The molecule has 26 heavy (non-hydrogen) atoms. The molecular weight excluding hydrogens is 324 g/mol. The van der Waals surface area contributed by atoms with Gasteiger partial charge < -0.3 is 9.47 Å². The van der Waals surface area contributed by atoms with Gasteiger partial charge in [0.2, 0.25) is 0 Å². The molecule has 4 nitrogen and oxygen atoms in total. The Balaban J connectivity index is 1.41. The smallest absolute Gasteiger partial charge is 0.119 e. The topological polar surface area (TPSA) is 24.9 Å². The van der Waals surface area contributed by atoms with E-state index in [0.717, 1.165) is 63.9 Å². The van der Waals surface area contributed by atoms with Gasteiger partial charge in [0.05, 0.1) is 13.2 Å². The van der Waals surface area contributed by atoms with Crippen molar-refractivity contribution in [1.82, 2.24) is 9.80 Å². The highest BCUT2D eigenvalue weighted by Gasteiger charge is 2.09. The lowest BCUT2D eigenvalue weighted by Gasteiger charge is -2.26. The van der Waals surface area contributed by atoms with Crippen molar-refractivity contribution in [3.63, 3.8) is 0 Å². The van der Waals surface area contributed by atoms with E-state index in [0.29, 0.717) is 0 Å². The molecule has 0 aromatic heterocycles. The lowest BCUT2D eigenvalue weighted by molar-refractivity contribution is 0.0322. The zero-order chi connectivity index (χ0) is 18.2. The van der Waals surface area contributed by atoms with Crippen LogP contribution in [-0.2, 0) is 17.8 Å². The summed E-state index contributed by atoms with van der Waals surface area (Å²) in [4.78, 5) is 4.69. The van der Waals surface area contributed by atoms with Gasteiger partial charge in [-0.05, 0) is 42.8 Å². The maximum Gasteiger partial charge on any atom is 0.119 e. The monoisotopic (exact) mass is 353 g/mol. The van der Waals surface area contributed by atoms with Crippen LogP contribution in [0.4, 0.5) is 0 Å². The fraction of sp³-hybridized carbons (Fsp3) is 0.409. The normalized spacial score (nSPS) is 15.3. The van der Waals surface area contributed by atoms with Crippen molar-refractivity contribution in [2.45, 2.75) is 13.1 Å². The number of benzene rings is 2. The maximum absolute atomic E-state index is 5.87. The molecule has 2 aromatic rings. The number of ether oxygens (including phenoxy) is 2. The molecule has 0 unspecified atom stereocenters. The second-order valence-corrected chi connectivity index (χ2v) is 6.94. The lowest BCUT2D eigenvalue weighted by atomic mass is 10.1. The van der Waals surface area contributed by atoms with E-state index in [1.54, 1.807) is 0 Å². The number of hydrogen-bond acceptors (Lipinski definition) is 4. The highest BCUT2D eigenvalue weighted by atomic mass is 16.5. The van der Waals surface area contributed by atoms with Crippen LogP contribution >= 0.6 is 0 Å². The second-order valence-electron chi connectivity index (χ2n) is 6.94. The Morgan fingerprint density at radius 1 is 0.962 bits per heavy atom. The molecule has 1 heterocycles. The molecule has 4 heteroatoms. The van der Waals surface area contributed by atoms with Gasteiger partial charge in [-0.3, -0.25) is 9.80 Å². The van der Waals surface area contributed by atoms with Crippen molar-refractivity contribution < 1.29 is 9.47 Å². The number of rotatable bonds is 8. The van der Waals surface area contributed by atoms with Gasteiger partial charge in [0, 0.05) is 32.7 Å². The molecule has 1 fully saturated rings. The van der Waals surface area contributed by atoms with E-state index in [1.165, 1.54) is 11.1 Å². The van der Waals surface area contributed by atoms with Crippen molar-refractivity contribution >= 4 is 0 Å². The first kappa shape index (κ1) is 18.9. The lowest BCUT2D eigenvalue weighted by Crippen LogP contribution is -2.38. The van der Waals surface area contributed by atoms with Crippen LogP contribution in [0.25, 0.3) is 0 Å². The molecule has 0 N–H and O–H groups in total. The van der Waals surface area contributed by atoms with Crippen LogP contribution in [0.3, 0.4) is 0 Å². The maximum atomic E-state index is 5.87. The Bertz CT molecular complexity index is 649. The summed E-state index contributed by atoms with van der Waals surface area (Å²) >= 11 is 0. The van der Waals surface area contributed by atoms with E-state index in [1.807, 2.05) is 0 Å². The number of hydrogen-bond donors (Lipinski definition) is 0. The molecule has 0 aliphatic carbocycles. The molecule has 0 bridgehead atoms. The van der Waals surface area contributed by atoms with E-state index >= 15 is 0 Å². The number of nitrogens with zero attached hydrogens (tertiary/aromatic N) is 2. The van der Waals surface area contributed by atoms with Crippen molar-refractivity contribution in [2.75, 3.05) is 46.5 Å². The first-order chi connectivity index (χ1) is 12.7. The zero-order valence-corrected chi connectivity index (χ0v) is 15.7. The largest absolute Gasteiger partial charge is 0.492 e. The molecule has 139 valence electrons. The van der Waals surface area contributed by atoms with Crippen molar-refractivity contribution in [1.29, 1.82) is 0 Å². The predicted octanol–water partition coefficient (Wildman–Crippen LogP) is 3.21. The van der Waals surface area contributed by atoms with Gasteiger partial charge in [-0.15, -0.1) is 0 Å². The van der Waals surface area contributed by atoms with Crippen molar-refractivity contribution in [3.05, 3.63) is 72.1 Å². The van der Waals surface area contributed by atoms with Crippen molar-refractivity contribution in [2.24, 2.45) is 0 Å². The Hall–Kier alpha value is -1.88. The summed E-state index contributed by atoms with van der Waals surface area (Å²) < 4.78 is 11.2. The van der Waals surface area contributed by atoms with E-state index < -0.39 is 0 Å². The fourth-order valence-electron chi connectivity index (χ4n) is 3.13. The summed E-state index contributed by atoms with van der Waals surface area (Å²) in [5, 5.41) is 0. The van der Waals surface area contributed by atoms with Crippen LogP contribution in [0, 0.1) is 6.92 Å². The first-order valence-corrected chi connectivity index (χ1v) is 9.30. The Kier molecular flexibility index (Phi) is 7.06. The third-order valence-corrected chi connectivity index (χ3v) is 4.63. The summed E-state index contributed by atoms with van der Waals surface area (Å²) in [6, 6.07) is 16.9. The summed E-state index contributed by atoms with van der Waals surface area (Å²) in [7, 11) is 2.14. The molecule has 1 radical (unpaired) electrons. The third-order valence-electron chi connectivity index (χ3n) is 4.63. The standard InChI is InChI=1S/C22H29N2O2/c1-19-3-5-20(6-4-19)17-23(2)18-21-7-9-22(10-8-21)26-16-13-24-11-14-25-15-12-24/h3-10H,1,11-18H2,2H3. The van der Waals surface area contributed by atoms with Gasteiger partial charge in [-0.1, -0.05) is 36.4 Å². The van der Waals surface area contributed by atoms with Crippen LogP contribution in [0.5, 0.6) is 5.75 Å². The van der Waals surface area contributed by atoms with Gasteiger partial charge in [0.1, 0.15) is 12.4 Å². The molecule has 1 saturated heterocycles. The quantitative estimate of drug-likeness (QED) is 0.728. The fourth-order valence-corrected chi connectivity index (χ4v) is 3.13. The molecular formula is C22H29N2O2. The minimum absolute atomic E-state index is 0.724. The van der Waals surface area contributed by atoms with Gasteiger partial charge in [-0.2, -0.15) is 0 Å². The molecule has 3 rings (SSSR count). The summed E-state index contributed by atoms with van der Waals surface area (Å²) in [5.74, 6) is 0.940. The third kappa shape index (κ3) is 6.13. The van der Waals surface area contributed by atoms with Gasteiger partial charge >= 0.3 is 0 Å². The number of morpholine rings is 1. The minimum atomic E-state index is 0.724. The van der Waals surface area contributed by atoms with Crippen LogP contribution in [0.2, 0.25) is 0 Å². The molecule has 0 atom stereocenters. The SMILES string of the molecule is [CH2]c1ccc(CN(C)Cc2ccc(OCCN3CCOCC3)cc2)cc1. The van der Waals surface area contributed by atoms with Crippen LogP contribution in [-0.4, -0.2) is 56.3 Å². The molecule has 2 aromatic carbocycles. The van der Waals surface area contributed by atoms with Crippen LogP contribution in [0.15, 0.2) is 48.5 Å². The Morgan fingerprint density at radius 3 is 2.15 bits per heavy atom. The highest BCUT2D eigenvalue weighted by molar-refractivity contribution is 5.28. The Morgan fingerprint density at radius 2 is 1.54 bits per heavy atom. The average molecular weight is 353 g/mol. The van der Waals surface area contributed by atoms with Crippen molar-refractivity contribution in [3.8, 4) is 5.75 Å². The van der Waals surface area contributed by atoms with E-state index in [4.69, 9.17) is 9.47 Å². The van der Waals surface area contributed by atoms with Gasteiger partial charge in [0.25, 0.3) is 0 Å². The summed E-state index contributed by atoms with van der Waals surface area (Å²) in [5.41, 5.74) is 3.66. The van der Waals surface area contributed by atoms with Gasteiger partial charge in [0.15, 0.2) is 0 Å². The van der Waals surface area contributed by atoms with E-state index in [2.05, 4.69) is 72.3 Å². The minimum Gasteiger partial charge on any atom is -0.492 e. The molecule has 0 amide bonds.